The Labute approximate surface area is 99.3 Å². The van der Waals surface area contributed by atoms with Crippen LogP contribution in [0.5, 0.6) is 0 Å². The smallest absolute Gasteiger partial charge is 0.153 e. The maximum absolute atomic E-state index is 11.7. The lowest BCUT2D eigenvalue weighted by Gasteiger charge is -2.14. The topological polar surface area (TPSA) is 17.1 Å². The zero-order valence-electron chi connectivity index (χ0n) is 9.09. The maximum atomic E-state index is 11.7. The number of benzene rings is 1. The number of Topliss-reactive ketones (excluding diaryl/α,β-unsaturated/α-hetero) is 1. The second-order valence-corrected chi connectivity index (χ2v) is 6.00. The molecule has 0 radical (unpaired) electrons. The Morgan fingerprint density at radius 1 is 1.40 bits per heavy atom. The summed E-state index contributed by atoms with van der Waals surface area (Å²) in [5, 5.41) is 0. The number of hydrogen-bond donors (Lipinski definition) is 0. The van der Waals surface area contributed by atoms with E-state index in [9.17, 15) is 4.79 Å². The van der Waals surface area contributed by atoms with Crippen molar-refractivity contribution in [2.45, 2.75) is 24.6 Å². The largest absolute Gasteiger partial charge is 0.298 e. The van der Waals surface area contributed by atoms with Crippen molar-refractivity contribution >= 4 is 27.8 Å². The fourth-order valence-electron chi connectivity index (χ4n) is 1.17. The van der Waals surface area contributed by atoms with Crippen molar-refractivity contribution in [3.05, 3.63) is 42.0 Å². The zero-order chi connectivity index (χ0) is 11.5. The van der Waals surface area contributed by atoms with Gasteiger partial charge in [0.05, 0.1) is 4.32 Å². The van der Waals surface area contributed by atoms with Crippen LogP contribution < -0.4 is 0 Å². The summed E-state index contributed by atoms with van der Waals surface area (Å²) < 4.78 is -0.440. The Morgan fingerprint density at radius 3 is 2.33 bits per heavy atom. The van der Waals surface area contributed by atoms with Gasteiger partial charge in [0.25, 0.3) is 0 Å². The zero-order valence-corrected chi connectivity index (χ0v) is 10.7. The fourth-order valence-corrected chi connectivity index (χ4v) is 1.31. The van der Waals surface area contributed by atoms with E-state index in [0.29, 0.717) is 6.42 Å². The monoisotopic (exact) mass is 266 g/mol. The summed E-state index contributed by atoms with van der Waals surface area (Å²) in [4.78, 5) is 11.7. The van der Waals surface area contributed by atoms with Gasteiger partial charge in [-0.15, -0.1) is 0 Å². The predicted molar refractivity (Wildman–Crippen MR) is 68.3 cm³/mol. The minimum Gasteiger partial charge on any atom is -0.298 e. The summed E-state index contributed by atoms with van der Waals surface area (Å²) in [5.74, 6) is 0.189. The van der Waals surface area contributed by atoms with Crippen LogP contribution in [0.2, 0.25) is 0 Å². The van der Waals surface area contributed by atoms with E-state index in [4.69, 9.17) is 0 Å². The third kappa shape index (κ3) is 3.63. The summed E-state index contributed by atoms with van der Waals surface area (Å²) in [7, 11) is 0. The highest BCUT2D eigenvalue weighted by Gasteiger charge is 2.23. The number of ketones is 1. The molecule has 0 amide bonds. The van der Waals surface area contributed by atoms with Crippen molar-refractivity contribution in [3.8, 4) is 0 Å². The van der Waals surface area contributed by atoms with Gasteiger partial charge in [-0.05, 0) is 25.0 Å². The molecule has 1 aromatic carbocycles. The number of halogens is 1. The summed E-state index contributed by atoms with van der Waals surface area (Å²) >= 11 is 3.36. The Kier molecular flexibility index (Phi) is 3.86. The van der Waals surface area contributed by atoms with E-state index in [1.54, 1.807) is 6.08 Å². The van der Waals surface area contributed by atoms with Crippen molar-refractivity contribution < 1.29 is 4.79 Å². The Hall–Kier alpha value is -0.890. The summed E-state index contributed by atoms with van der Waals surface area (Å²) in [6.45, 7) is 7.42. The molecule has 0 saturated heterocycles. The van der Waals surface area contributed by atoms with Crippen molar-refractivity contribution in [2.75, 3.05) is 0 Å². The van der Waals surface area contributed by atoms with Crippen LogP contribution in [0.1, 0.15) is 25.0 Å². The average Bonchev–Trinajstić information content (AvgIpc) is 2.17. The molecule has 2 heteroatoms. The van der Waals surface area contributed by atoms with Gasteiger partial charge in [-0.3, -0.25) is 4.79 Å². The highest BCUT2D eigenvalue weighted by Crippen LogP contribution is 2.19. The minimum atomic E-state index is -0.440. The average molecular weight is 267 g/mol. The highest BCUT2D eigenvalue weighted by atomic mass is 79.9. The molecule has 0 bridgehead atoms. The summed E-state index contributed by atoms with van der Waals surface area (Å²) in [5.41, 5.74) is 2.11. The standard InChI is InChI=1S/C13H15BrO/c1-4-10-5-7-11(8-6-10)9-12(15)13(2,3)14/h4-8H,1,9H2,2-3H3. The Bertz CT molecular complexity index is 357. The molecule has 1 aromatic rings. The first-order valence-electron chi connectivity index (χ1n) is 4.87. The van der Waals surface area contributed by atoms with Gasteiger partial charge in [0.2, 0.25) is 0 Å². The molecule has 0 N–H and O–H groups in total. The molecule has 1 rings (SSSR count). The minimum absolute atomic E-state index is 0.189. The molecule has 0 unspecified atom stereocenters. The summed E-state index contributed by atoms with van der Waals surface area (Å²) in [6.07, 6.45) is 2.26. The molecule has 80 valence electrons. The summed E-state index contributed by atoms with van der Waals surface area (Å²) in [6, 6.07) is 7.87. The van der Waals surface area contributed by atoms with Gasteiger partial charge in [-0.1, -0.05) is 52.9 Å². The molecule has 0 heterocycles. The lowest BCUT2D eigenvalue weighted by molar-refractivity contribution is -0.119. The van der Waals surface area contributed by atoms with Gasteiger partial charge in [0.15, 0.2) is 5.78 Å². The molecule has 0 aliphatic rings. The van der Waals surface area contributed by atoms with E-state index >= 15 is 0 Å². The van der Waals surface area contributed by atoms with Gasteiger partial charge >= 0.3 is 0 Å². The lowest BCUT2D eigenvalue weighted by Crippen LogP contribution is -2.25. The second kappa shape index (κ2) is 4.75. The maximum Gasteiger partial charge on any atom is 0.153 e. The fraction of sp³-hybridized carbons (Fsp3) is 0.308. The molecule has 0 atom stereocenters. The third-order valence-electron chi connectivity index (χ3n) is 2.24. The first-order valence-corrected chi connectivity index (χ1v) is 5.66. The number of carbonyl (C=O) groups is 1. The Balaban J connectivity index is 2.74. The molecule has 0 aromatic heterocycles. The second-order valence-electron chi connectivity index (χ2n) is 4.02. The van der Waals surface area contributed by atoms with Crippen LogP contribution in [0, 0.1) is 0 Å². The Morgan fingerprint density at radius 2 is 1.93 bits per heavy atom. The van der Waals surface area contributed by atoms with Gasteiger partial charge < -0.3 is 0 Å². The normalized spacial score (nSPS) is 11.1. The lowest BCUT2D eigenvalue weighted by atomic mass is 10.00. The molecule has 0 spiro atoms. The molecule has 0 aliphatic carbocycles. The van der Waals surface area contributed by atoms with Crippen LogP contribution in [-0.4, -0.2) is 10.1 Å². The van der Waals surface area contributed by atoms with Crippen LogP contribution in [-0.2, 0) is 11.2 Å². The number of rotatable bonds is 4. The van der Waals surface area contributed by atoms with Crippen LogP contribution >= 0.6 is 15.9 Å². The van der Waals surface area contributed by atoms with Crippen molar-refractivity contribution in [3.63, 3.8) is 0 Å². The molecule has 0 aliphatic heterocycles. The van der Waals surface area contributed by atoms with Crippen LogP contribution in [0.3, 0.4) is 0 Å². The van der Waals surface area contributed by atoms with Crippen LogP contribution in [0.4, 0.5) is 0 Å². The van der Waals surface area contributed by atoms with Crippen LogP contribution in [0.15, 0.2) is 30.8 Å². The van der Waals surface area contributed by atoms with Crippen molar-refractivity contribution in [1.82, 2.24) is 0 Å². The van der Waals surface area contributed by atoms with Crippen molar-refractivity contribution in [2.24, 2.45) is 0 Å². The van der Waals surface area contributed by atoms with Crippen LogP contribution in [0.25, 0.3) is 6.08 Å². The molecule has 1 nitrogen and oxygen atoms in total. The molecule has 15 heavy (non-hydrogen) atoms. The van der Waals surface area contributed by atoms with E-state index in [1.807, 2.05) is 38.1 Å². The first-order chi connectivity index (χ1) is 6.93. The molecular formula is C13H15BrO. The van der Waals surface area contributed by atoms with Gasteiger partial charge in [0, 0.05) is 6.42 Å². The van der Waals surface area contributed by atoms with Gasteiger partial charge in [-0.2, -0.15) is 0 Å². The van der Waals surface area contributed by atoms with Gasteiger partial charge in [0.1, 0.15) is 0 Å². The predicted octanol–water partition coefficient (Wildman–Crippen LogP) is 3.61. The van der Waals surface area contributed by atoms with Gasteiger partial charge in [-0.25, -0.2) is 0 Å². The third-order valence-corrected chi connectivity index (χ3v) is 2.69. The highest BCUT2D eigenvalue weighted by molar-refractivity contribution is 9.10. The molecule has 0 fully saturated rings. The SMILES string of the molecule is C=Cc1ccc(CC(=O)C(C)(C)Br)cc1. The quantitative estimate of drug-likeness (QED) is 0.761. The van der Waals surface area contributed by atoms with Crippen molar-refractivity contribution in [1.29, 1.82) is 0 Å². The number of alkyl halides is 1. The van der Waals surface area contributed by atoms with E-state index < -0.39 is 4.32 Å². The molecular weight excluding hydrogens is 252 g/mol. The number of hydrogen-bond acceptors (Lipinski definition) is 1. The first kappa shape index (κ1) is 12.2. The van der Waals surface area contributed by atoms with E-state index in [1.165, 1.54) is 0 Å². The van der Waals surface area contributed by atoms with E-state index in [2.05, 4.69) is 22.5 Å². The van der Waals surface area contributed by atoms with E-state index in [-0.39, 0.29) is 5.78 Å². The number of carbonyl (C=O) groups excluding carboxylic acids is 1. The van der Waals surface area contributed by atoms with E-state index in [0.717, 1.165) is 11.1 Å². The molecule has 0 saturated carbocycles.